The number of urea groups is 1. The van der Waals surface area contributed by atoms with Gasteiger partial charge in [0.25, 0.3) is 0 Å². The van der Waals surface area contributed by atoms with E-state index >= 15 is 0 Å². The van der Waals surface area contributed by atoms with Gasteiger partial charge in [-0.1, -0.05) is 50.6 Å². The second-order valence-corrected chi connectivity index (χ2v) is 7.24. The zero-order chi connectivity index (χ0) is 18.2. The van der Waals surface area contributed by atoms with Crippen molar-refractivity contribution in [2.75, 3.05) is 6.54 Å². The van der Waals surface area contributed by atoms with Crippen molar-refractivity contribution in [2.45, 2.75) is 59.0 Å². The van der Waals surface area contributed by atoms with E-state index in [9.17, 15) is 9.59 Å². The van der Waals surface area contributed by atoms with Crippen LogP contribution in [0.1, 0.15) is 46.6 Å². The highest BCUT2D eigenvalue weighted by molar-refractivity contribution is 5.87. The fraction of sp³-hybridized carbons (Fsp3) is 0.579. The summed E-state index contributed by atoms with van der Waals surface area (Å²) in [6.45, 7) is 10.3. The molecular weight excluding hydrogens is 302 g/mol. The van der Waals surface area contributed by atoms with Crippen molar-refractivity contribution in [2.24, 2.45) is 5.92 Å². The van der Waals surface area contributed by atoms with Gasteiger partial charge in [-0.25, -0.2) is 4.79 Å². The first-order valence-electron chi connectivity index (χ1n) is 8.63. The van der Waals surface area contributed by atoms with Gasteiger partial charge in [-0.3, -0.25) is 4.79 Å². The van der Waals surface area contributed by atoms with Crippen molar-refractivity contribution in [3.8, 4) is 0 Å². The Morgan fingerprint density at radius 1 is 1.12 bits per heavy atom. The van der Waals surface area contributed by atoms with Crippen molar-refractivity contribution in [1.29, 1.82) is 0 Å². The lowest BCUT2D eigenvalue weighted by molar-refractivity contribution is -0.124. The molecule has 0 heterocycles. The molecule has 3 amide bonds. The molecule has 5 heteroatoms. The van der Waals surface area contributed by atoms with E-state index in [1.807, 2.05) is 65.0 Å². The zero-order valence-corrected chi connectivity index (χ0v) is 15.5. The molecule has 24 heavy (non-hydrogen) atoms. The molecule has 5 nitrogen and oxygen atoms in total. The second-order valence-electron chi connectivity index (χ2n) is 7.24. The van der Waals surface area contributed by atoms with Gasteiger partial charge in [-0.05, 0) is 38.7 Å². The van der Waals surface area contributed by atoms with E-state index in [0.29, 0.717) is 6.54 Å². The van der Waals surface area contributed by atoms with Crippen molar-refractivity contribution in [1.82, 2.24) is 16.0 Å². The smallest absolute Gasteiger partial charge is 0.315 e. The van der Waals surface area contributed by atoms with Crippen LogP contribution in [-0.4, -0.2) is 30.1 Å². The fourth-order valence-electron chi connectivity index (χ4n) is 2.30. The summed E-state index contributed by atoms with van der Waals surface area (Å²) in [6, 6.07) is 9.16. The predicted molar refractivity (Wildman–Crippen MR) is 97.8 cm³/mol. The maximum absolute atomic E-state index is 12.5. The van der Waals surface area contributed by atoms with Crippen LogP contribution in [0.25, 0.3) is 0 Å². The molecule has 0 saturated heterocycles. The van der Waals surface area contributed by atoms with E-state index in [1.165, 1.54) is 5.56 Å². The summed E-state index contributed by atoms with van der Waals surface area (Å²) in [4.78, 5) is 24.6. The molecule has 0 radical (unpaired) electrons. The Kier molecular flexibility index (Phi) is 7.75. The highest BCUT2D eigenvalue weighted by Gasteiger charge is 2.26. The first-order valence-corrected chi connectivity index (χ1v) is 8.63. The summed E-state index contributed by atoms with van der Waals surface area (Å²) in [5.41, 5.74) is 0.838. The number of carbonyl (C=O) groups excluding carboxylic acids is 2. The number of benzene rings is 1. The van der Waals surface area contributed by atoms with E-state index in [2.05, 4.69) is 16.0 Å². The first kappa shape index (κ1) is 20.0. The third-order valence-electron chi connectivity index (χ3n) is 3.83. The summed E-state index contributed by atoms with van der Waals surface area (Å²) in [5.74, 6) is -0.0724. The Labute approximate surface area is 145 Å². The Morgan fingerprint density at radius 3 is 2.29 bits per heavy atom. The average Bonchev–Trinajstić information content (AvgIpc) is 2.51. The van der Waals surface area contributed by atoms with Gasteiger partial charge in [-0.2, -0.15) is 0 Å². The Balaban J connectivity index is 2.56. The molecule has 0 saturated carbocycles. The highest BCUT2D eigenvalue weighted by atomic mass is 16.2. The predicted octanol–water partition coefficient (Wildman–Crippen LogP) is 2.86. The summed E-state index contributed by atoms with van der Waals surface area (Å²) >= 11 is 0. The molecule has 3 N–H and O–H groups in total. The van der Waals surface area contributed by atoms with Crippen molar-refractivity contribution >= 4 is 11.9 Å². The van der Waals surface area contributed by atoms with Crippen molar-refractivity contribution in [3.05, 3.63) is 35.9 Å². The minimum atomic E-state index is -0.534. The number of amides is 3. The van der Waals surface area contributed by atoms with Crippen LogP contribution < -0.4 is 16.0 Å². The Hall–Kier alpha value is -2.04. The second kappa shape index (κ2) is 9.30. The minimum absolute atomic E-state index is 0.0624. The van der Waals surface area contributed by atoms with Crippen LogP contribution in [0.2, 0.25) is 0 Å². The molecule has 1 aromatic rings. The lowest BCUT2D eigenvalue weighted by Crippen LogP contribution is -2.56. The third-order valence-corrected chi connectivity index (χ3v) is 3.83. The van der Waals surface area contributed by atoms with Crippen LogP contribution in [0, 0.1) is 5.92 Å². The molecular formula is C19H31N3O2. The van der Waals surface area contributed by atoms with Gasteiger partial charge < -0.3 is 16.0 Å². The summed E-state index contributed by atoms with van der Waals surface area (Å²) in [7, 11) is 0. The standard InChI is InChI=1S/C19H31N3O2/c1-6-14(2)16(21-18(24)22-19(3,4)5)17(23)20-13-12-15-10-8-7-9-11-15/h7-11,14,16H,6,12-13H2,1-5H3,(H,20,23)(H2,21,22,24). The molecule has 0 spiro atoms. The molecule has 2 unspecified atom stereocenters. The maximum Gasteiger partial charge on any atom is 0.315 e. The number of nitrogens with one attached hydrogen (secondary N) is 3. The average molecular weight is 333 g/mol. The van der Waals surface area contributed by atoms with Crippen molar-refractivity contribution in [3.63, 3.8) is 0 Å². The van der Waals surface area contributed by atoms with Crippen molar-refractivity contribution < 1.29 is 9.59 Å². The van der Waals surface area contributed by atoms with E-state index in [0.717, 1.165) is 12.8 Å². The molecule has 134 valence electrons. The van der Waals surface area contributed by atoms with Crippen LogP contribution >= 0.6 is 0 Å². The molecule has 0 bridgehead atoms. The third kappa shape index (κ3) is 7.49. The van der Waals surface area contributed by atoms with Crippen LogP contribution in [0.5, 0.6) is 0 Å². The summed E-state index contributed by atoms with van der Waals surface area (Å²) in [6.07, 6.45) is 1.58. The van der Waals surface area contributed by atoms with Gasteiger partial charge >= 0.3 is 6.03 Å². The van der Waals surface area contributed by atoms with E-state index in [-0.39, 0.29) is 23.4 Å². The van der Waals surface area contributed by atoms with Gasteiger partial charge in [-0.15, -0.1) is 0 Å². The van der Waals surface area contributed by atoms with Crippen LogP contribution in [0.3, 0.4) is 0 Å². The topological polar surface area (TPSA) is 70.2 Å². The number of rotatable bonds is 7. The van der Waals surface area contributed by atoms with Crippen LogP contribution in [0.4, 0.5) is 4.79 Å². The largest absolute Gasteiger partial charge is 0.354 e. The maximum atomic E-state index is 12.5. The lowest BCUT2D eigenvalue weighted by Gasteiger charge is -2.27. The van der Waals surface area contributed by atoms with Gasteiger partial charge in [0.05, 0.1) is 0 Å². The Morgan fingerprint density at radius 2 is 1.75 bits per heavy atom. The van der Waals surface area contributed by atoms with Crippen LogP contribution in [0.15, 0.2) is 30.3 Å². The molecule has 0 aliphatic rings. The molecule has 1 aromatic carbocycles. The molecule has 0 aliphatic carbocycles. The quantitative estimate of drug-likeness (QED) is 0.718. The molecule has 0 aliphatic heterocycles. The van der Waals surface area contributed by atoms with E-state index in [4.69, 9.17) is 0 Å². The molecule has 0 aromatic heterocycles. The Bertz CT molecular complexity index is 523. The molecule has 0 fully saturated rings. The molecule has 1 rings (SSSR count). The highest BCUT2D eigenvalue weighted by Crippen LogP contribution is 2.09. The minimum Gasteiger partial charge on any atom is -0.354 e. The normalized spacial score (nSPS) is 13.7. The van der Waals surface area contributed by atoms with Gasteiger partial charge in [0, 0.05) is 12.1 Å². The SMILES string of the molecule is CCC(C)C(NC(=O)NC(C)(C)C)C(=O)NCCc1ccccc1. The van der Waals surface area contributed by atoms with Gasteiger partial charge in [0.15, 0.2) is 0 Å². The monoisotopic (exact) mass is 333 g/mol. The summed E-state index contributed by atoms with van der Waals surface area (Å²) < 4.78 is 0. The van der Waals surface area contributed by atoms with Gasteiger partial charge in [0.1, 0.15) is 6.04 Å². The van der Waals surface area contributed by atoms with Gasteiger partial charge in [0.2, 0.25) is 5.91 Å². The number of hydrogen-bond donors (Lipinski definition) is 3. The van der Waals surface area contributed by atoms with E-state index < -0.39 is 6.04 Å². The molecule has 2 atom stereocenters. The summed E-state index contributed by atoms with van der Waals surface area (Å²) in [5, 5.41) is 8.58. The first-order chi connectivity index (χ1) is 11.2. The number of hydrogen-bond acceptors (Lipinski definition) is 2. The van der Waals surface area contributed by atoms with E-state index in [1.54, 1.807) is 0 Å². The van der Waals surface area contributed by atoms with Crippen LogP contribution in [-0.2, 0) is 11.2 Å². The fourth-order valence-corrected chi connectivity index (χ4v) is 2.30. The number of carbonyl (C=O) groups is 2. The zero-order valence-electron chi connectivity index (χ0n) is 15.5. The lowest BCUT2D eigenvalue weighted by atomic mass is 9.98.